The molecule has 1 heterocycles. The van der Waals surface area contributed by atoms with Crippen LogP contribution < -0.4 is 0 Å². The van der Waals surface area contributed by atoms with Gasteiger partial charge in [-0.1, -0.05) is 12.1 Å². The predicted molar refractivity (Wildman–Crippen MR) is 69.2 cm³/mol. The van der Waals surface area contributed by atoms with Crippen molar-refractivity contribution in [3.8, 4) is 0 Å². The van der Waals surface area contributed by atoms with Crippen LogP contribution in [0, 0.1) is 20.8 Å². The Morgan fingerprint density at radius 2 is 1.71 bits per heavy atom. The van der Waals surface area contributed by atoms with Crippen molar-refractivity contribution in [3.05, 3.63) is 34.4 Å². The third kappa shape index (κ3) is 2.53. The van der Waals surface area contributed by atoms with E-state index in [4.69, 9.17) is 4.74 Å². The zero-order valence-corrected chi connectivity index (χ0v) is 11.0. The van der Waals surface area contributed by atoms with Crippen LogP contribution in [0.5, 0.6) is 0 Å². The summed E-state index contributed by atoms with van der Waals surface area (Å²) in [5, 5.41) is 10.8. The van der Waals surface area contributed by atoms with Crippen molar-refractivity contribution in [1.82, 2.24) is 0 Å². The molecule has 0 amide bonds. The Labute approximate surface area is 104 Å². The van der Waals surface area contributed by atoms with Crippen molar-refractivity contribution in [1.29, 1.82) is 0 Å². The van der Waals surface area contributed by atoms with Gasteiger partial charge in [-0.05, 0) is 55.9 Å². The number of hydrogen-bond donors (Lipinski definition) is 1. The normalized spacial score (nSPS) is 25.6. The van der Waals surface area contributed by atoms with E-state index in [1.807, 2.05) is 0 Å². The summed E-state index contributed by atoms with van der Waals surface area (Å²) in [6, 6.07) is 4.32. The summed E-state index contributed by atoms with van der Waals surface area (Å²) in [5.74, 6) is 0. The van der Waals surface area contributed by atoms with Gasteiger partial charge < -0.3 is 9.84 Å². The molecule has 1 aliphatic rings. The molecule has 0 aliphatic carbocycles. The Morgan fingerprint density at radius 3 is 2.47 bits per heavy atom. The summed E-state index contributed by atoms with van der Waals surface area (Å²) >= 11 is 0. The number of aliphatic hydroxyl groups is 1. The summed E-state index contributed by atoms with van der Waals surface area (Å²) in [7, 11) is 0. The number of aryl methyl sites for hydroxylation is 3. The highest BCUT2D eigenvalue weighted by atomic mass is 16.5. The highest BCUT2D eigenvalue weighted by Gasteiger charge is 2.31. The minimum atomic E-state index is -0.695. The largest absolute Gasteiger partial charge is 0.385 e. The molecular weight excluding hydrogens is 212 g/mol. The smallest absolute Gasteiger partial charge is 0.0922 e. The van der Waals surface area contributed by atoms with Crippen LogP contribution in [0.1, 0.15) is 41.5 Å². The van der Waals surface area contributed by atoms with Gasteiger partial charge in [0.2, 0.25) is 0 Å². The van der Waals surface area contributed by atoms with Gasteiger partial charge >= 0.3 is 0 Å². The van der Waals surface area contributed by atoms with E-state index in [1.54, 1.807) is 0 Å². The van der Waals surface area contributed by atoms with E-state index in [2.05, 4.69) is 32.9 Å². The van der Waals surface area contributed by atoms with Crippen LogP contribution in [0.25, 0.3) is 0 Å². The van der Waals surface area contributed by atoms with Crippen molar-refractivity contribution in [2.75, 3.05) is 13.2 Å². The molecule has 0 bridgehead atoms. The van der Waals surface area contributed by atoms with Crippen molar-refractivity contribution in [3.63, 3.8) is 0 Å². The Balaban J connectivity index is 2.40. The third-order valence-corrected chi connectivity index (χ3v) is 3.88. The van der Waals surface area contributed by atoms with Crippen molar-refractivity contribution in [2.45, 2.75) is 45.6 Å². The molecule has 94 valence electrons. The fraction of sp³-hybridized carbons (Fsp3) is 0.600. The zero-order valence-electron chi connectivity index (χ0n) is 11.0. The Hall–Kier alpha value is -0.860. The van der Waals surface area contributed by atoms with Gasteiger partial charge in [0.1, 0.15) is 0 Å². The van der Waals surface area contributed by atoms with Gasteiger partial charge in [-0.25, -0.2) is 0 Å². The van der Waals surface area contributed by atoms with Gasteiger partial charge in [0.05, 0.1) is 5.60 Å². The van der Waals surface area contributed by atoms with E-state index in [0.717, 1.165) is 25.0 Å². The van der Waals surface area contributed by atoms with Gasteiger partial charge in [-0.3, -0.25) is 0 Å². The molecule has 1 aliphatic heterocycles. The number of ether oxygens (including phenoxy) is 1. The lowest BCUT2D eigenvalue weighted by Gasteiger charge is -2.29. The SMILES string of the molecule is Cc1cc(C)c(C2(O)CCCOCC2)cc1C. The van der Waals surface area contributed by atoms with Crippen LogP contribution in [0.3, 0.4) is 0 Å². The van der Waals surface area contributed by atoms with Crippen molar-refractivity contribution < 1.29 is 9.84 Å². The fourth-order valence-electron chi connectivity index (χ4n) is 2.67. The standard InChI is InChI=1S/C15H22O2/c1-11-9-13(3)14(10-12(11)2)15(16)5-4-7-17-8-6-15/h9-10,16H,4-8H2,1-3H3. The van der Waals surface area contributed by atoms with Crippen LogP contribution in [-0.4, -0.2) is 18.3 Å². The first-order chi connectivity index (χ1) is 8.03. The molecule has 1 aromatic carbocycles. The van der Waals surface area contributed by atoms with Crippen LogP contribution in [-0.2, 0) is 10.3 Å². The van der Waals surface area contributed by atoms with E-state index in [1.165, 1.54) is 16.7 Å². The molecule has 1 fully saturated rings. The first-order valence-electron chi connectivity index (χ1n) is 6.41. The Bertz CT molecular complexity index is 402. The number of benzene rings is 1. The maximum absolute atomic E-state index is 10.8. The van der Waals surface area contributed by atoms with Gasteiger partial charge in [0.25, 0.3) is 0 Å². The zero-order chi connectivity index (χ0) is 12.5. The van der Waals surface area contributed by atoms with Crippen LogP contribution in [0.15, 0.2) is 12.1 Å². The van der Waals surface area contributed by atoms with Crippen molar-refractivity contribution >= 4 is 0 Å². The number of hydrogen-bond acceptors (Lipinski definition) is 2. The maximum atomic E-state index is 10.8. The van der Waals surface area contributed by atoms with Crippen LogP contribution in [0.4, 0.5) is 0 Å². The Kier molecular flexibility index (Phi) is 3.55. The first kappa shape index (κ1) is 12.6. The second-order valence-corrected chi connectivity index (χ2v) is 5.25. The minimum absolute atomic E-state index is 0.656. The molecule has 1 N–H and O–H groups in total. The van der Waals surface area contributed by atoms with Crippen LogP contribution in [0.2, 0.25) is 0 Å². The highest BCUT2D eigenvalue weighted by Crippen LogP contribution is 2.35. The molecule has 0 saturated carbocycles. The molecular formula is C15H22O2. The second-order valence-electron chi connectivity index (χ2n) is 5.25. The topological polar surface area (TPSA) is 29.5 Å². The average Bonchev–Trinajstić information content (AvgIpc) is 2.49. The Morgan fingerprint density at radius 1 is 1.00 bits per heavy atom. The molecule has 17 heavy (non-hydrogen) atoms. The highest BCUT2D eigenvalue weighted by molar-refractivity contribution is 5.39. The molecule has 0 spiro atoms. The lowest BCUT2D eigenvalue weighted by molar-refractivity contribution is 0.0138. The molecule has 1 saturated heterocycles. The lowest BCUT2D eigenvalue weighted by atomic mass is 9.82. The maximum Gasteiger partial charge on any atom is 0.0922 e. The van der Waals surface area contributed by atoms with Gasteiger partial charge in [0, 0.05) is 19.6 Å². The van der Waals surface area contributed by atoms with Gasteiger partial charge in [-0.2, -0.15) is 0 Å². The van der Waals surface area contributed by atoms with Gasteiger partial charge in [0.15, 0.2) is 0 Å². The summed E-state index contributed by atoms with van der Waals surface area (Å²) in [4.78, 5) is 0. The molecule has 1 atom stereocenters. The summed E-state index contributed by atoms with van der Waals surface area (Å²) in [5.41, 5.74) is 4.13. The van der Waals surface area contributed by atoms with E-state index in [-0.39, 0.29) is 0 Å². The van der Waals surface area contributed by atoms with Gasteiger partial charge in [-0.15, -0.1) is 0 Å². The third-order valence-electron chi connectivity index (χ3n) is 3.88. The summed E-state index contributed by atoms with van der Waals surface area (Å²) in [6.07, 6.45) is 2.44. The van der Waals surface area contributed by atoms with E-state index in [0.29, 0.717) is 13.0 Å². The van der Waals surface area contributed by atoms with E-state index >= 15 is 0 Å². The molecule has 2 heteroatoms. The lowest BCUT2D eigenvalue weighted by Crippen LogP contribution is -2.27. The summed E-state index contributed by atoms with van der Waals surface area (Å²) < 4.78 is 5.45. The second kappa shape index (κ2) is 4.79. The average molecular weight is 234 g/mol. The monoisotopic (exact) mass is 234 g/mol. The molecule has 1 unspecified atom stereocenters. The van der Waals surface area contributed by atoms with Crippen LogP contribution >= 0.6 is 0 Å². The first-order valence-corrected chi connectivity index (χ1v) is 6.41. The molecule has 1 aromatic rings. The predicted octanol–water partition coefficient (Wildman–Crippen LogP) is 3.00. The molecule has 2 nitrogen and oxygen atoms in total. The fourth-order valence-corrected chi connectivity index (χ4v) is 2.67. The number of rotatable bonds is 1. The van der Waals surface area contributed by atoms with Crippen molar-refractivity contribution in [2.24, 2.45) is 0 Å². The minimum Gasteiger partial charge on any atom is -0.385 e. The quantitative estimate of drug-likeness (QED) is 0.809. The molecule has 0 radical (unpaired) electrons. The molecule has 2 rings (SSSR count). The van der Waals surface area contributed by atoms with E-state index in [9.17, 15) is 5.11 Å². The van der Waals surface area contributed by atoms with E-state index < -0.39 is 5.60 Å². The molecule has 0 aromatic heterocycles. The summed E-state index contributed by atoms with van der Waals surface area (Å²) in [6.45, 7) is 7.74.